The van der Waals surface area contributed by atoms with E-state index in [0.29, 0.717) is 24.5 Å². The minimum Gasteiger partial charge on any atom is -0.503 e. The van der Waals surface area contributed by atoms with Gasteiger partial charge in [0.1, 0.15) is 5.69 Å². The molecule has 1 heterocycles. The molecule has 0 spiro atoms. The molecule has 98 valence electrons. The molecule has 0 saturated carbocycles. The molecule has 1 aromatic carbocycles. The summed E-state index contributed by atoms with van der Waals surface area (Å²) in [6.45, 7) is 1.85. The molecule has 1 amide bonds. The fourth-order valence-electron chi connectivity index (χ4n) is 2.06. The van der Waals surface area contributed by atoms with Gasteiger partial charge in [-0.3, -0.25) is 4.79 Å². The number of phenolic OH excluding ortho intramolecular Hbond substituents is 1. The number of carbonyl (C=O) groups is 1. The first-order chi connectivity index (χ1) is 8.60. The summed E-state index contributed by atoms with van der Waals surface area (Å²) in [5.41, 5.74) is 1.00. The summed E-state index contributed by atoms with van der Waals surface area (Å²) in [6, 6.07) is 0. The minimum absolute atomic E-state index is 0.190. The van der Waals surface area contributed by atoms with Crippen molar-refractivity contribution in [1.82, 2.24) is 0 Å². The Balaban J connectivity index is 2.67. The Kier molecular flexibility index (Phi) is 3.18. The van der Waals surface area contributed by atoms with Gasteiger partial charge in [-0.05, 0) is 0 Å². The molecular formula is C12H15NO5. The summed E-state index contributed by atoms with van der Waals surface area (Å²) in [5.74, 6) is 0.610. The lowest BCUT2D eigenvalue weighted by molar-refractivity contribution is -0.114. The van der Waals surface area contributed by atoms with Gasteiger partial charge in [0.25, 0.3) is 0 Å². The van der Waals surface area contributed by atoms with Crippen LogP contribution in [0.3, 0.4) is 0 Å². The Hall–Kier alpha value is -2.11. The monoisotopic (exact) mass is 253 g/mol. The number of carbonyl (C=O) groups excluding carboxylic acids is 1. The zero-order valence-corrected chi connectivity index (χ0v) is 10.5. The number of methoxy groups -OCH3 is 2. The van der Waals surface area contributed by atoms with E-state index in [9.17, 15) is 9.90 Å². The molecule has 1 aliphatic heterocycles. The van der Waals surface area contributed by atoms with Crippen molar-refractivity contribution in [3.05, 3.63) is 5.56 Å². The highest BCUT2D eigenvalue weighted by Crippen LogP contribution is 2.53. The van der Waals surface area contributed by atoms with E-state index in [0.717, 1.165) is 5.56 Å². The van der Waals surface area contributed by atoms with Crippen molar-refractivity contribution in [3.63, 3.8) is 0 Å². The molecule has 0 unspecified atom stereocenters. The van der Waals surface area contributed by atoms with Gasteiger partial charge in [0.15, 0.2) is 17.2 Å². The van der Waals surface area contributed by atoms with Crippen molar-refractivity contribution in [2.45, 2.75) is 13.3 Å². The summed E-state index contributed by atoms with van der Waals surface area (Å²) < 4.78 is 15.8. The van der Waals surface area contributed by atoms with Gasteiger partial charge >= 0.3 is 0 Å². The van der Waals surface area contributed by atoms with Gasteiger partial charge in [-0.1, -0.05) is 0 Å². The number of hydrogen-bond acceptors (Lipinski definition) is 5. The van der Waals surface area contributed by atoms with Crippen molar-refractivity contribution < 1.29 is 24.1 Å². The second-order valence-corrected chi connectivity index (χ2v) is 3.88. The molecule has 6 heteroatoms. The maximum absolute atomic E-state index is 11.2. The summed E-state index contributed by atoms with van der Waals surface area (Å²) in [4.78, 5) is 11.2. The number of rotatable bonds is 3. The zero-order valence-electron chi connectivity index (χ0n) is 10.5. The van der Waals surface area contributed by atoms with E-state index in [-0.39, 0.29) is 23.1 Å². The highest BCUT2D eigenvalue weighted by Gasteiger charge is 2.30. The number of phenols is 1. The van der Waals surface area contributed by atoms with Crippen molar-refractivity contribution >= 4 is 11.6 Å². The van der Waals surface area contributed by atoms with Gasteiger partial charge in [-0.15, -0.1) is 0 Å². The molecule has 0 atom stereocenters. The normalized spacial score (nSPS) is 12.6. The average Bonchev–Trinajstić information content (AvgIpc) is 2.78. The highest BCUT2D eigenvalue weighted by atomic mass is 16.5. The van der Waals surface area contributed by atoms with Gasteiger partial charge < -0.3 is 24.6 Å². The lowest BCUT2D eigenvalue weighted by Gasteiger charge is -2.17. The van der Waals surface area contributed by atoms with Crippen LogP contribution in [0.2, 0.25) is 0 Å². The summed E-state index contributed by atoms with van der Waals surface area (Å²) >= 11 is 0. The standard InChI is InChI=1S/C12H15NO5/c1-6(14)13-8-9(15)12(17-3)11-7(4-5-18-11)10(8)16-2/h15H,4-5H2,1-3H3,(H,13,14). The molecular weight excluding hydrogens is 238 g/mol. The summed E-state index contributed by atoms with van der Waals surface area (Å²) in [5, 5.41) is 12.7. The van der Waals surface area contributed by atoms with Gasteiger partial charge in [0.05, 0.1) is 20.8 Å². The molecule has 1 aromatic rings. The van der Waals surface area contributed by atoms with E-state index in [1.807, 2.05) is 0 Å². The number of amides is 1. The lowest BCUT2D eigenvalue weighted by atomic mass is 10.1. The maximum atomic E-state index is 11.2. The third-order valence-electron chi connectivity index (χ3n) is 2.74. The maximum Gasteiger partial charge on any atom is 0.221 e. The molecule has 0 fully saturated rings. The molecule has 1 aliphatic rings. The van der Waals surface area contributed by atoms with E-state index < -0.39 is 0 Å². The number of anilines is 1. The first-order valence-electron chi connectivity index (χ1n) is 5.50. The SMILES string of the molecule is COc1c2c(c(OC)c(O)c1NC(C)=O)OCC2. The summed E-state index contributed by atoms with van der Waals surface area (Å²) in [6.07, 6.45) is 0.641. The first-order valence-corrected chi connectivity index (χ1v) is 5.50. The number of nitrogens with one attached hydrogen (secondary N) is 1. The van der Waals surface area contributed by atoms with Crippen LogP contribution in [0.1, 0.15) is 12.5 Å². The first kappa shape index (κ1) is 12.3. The third-order valence-corrected chi connectivity index (χ3v) is 2.74. The van der Waals surface area contributed by atoms with Crippen LogP contribution in [0, 0.1) is 0 Å². The van der Waals surface area contributed by atoms with Crippen LogP contribution in [-0.4, -0.2) is 31.8 Å². The Bertz CT molecular complexity index is 498. The van der Waals surface area contributed by atoms with Crippen LogP contribution in [0.4, 0.5) is 5.69 Å². The molecule has 0 aromatic heterocycles. The van der Waals surface area contributed by atoms with Crippen LogP contribution >= 0.6 is 0 Å². The Morgan fingerprint density at radius 1 is 1.33 bits per heavy atom. The van der Waals surface area contributed by atoms with E-state index in [2.05, 4.69) is 5.32 Å². The lowest BCUT2D eigenvalue weighted by Crippen LogP contribution is -2.09. The van der Waals surface area contributed by atoms with Crippen LogP contribution < -0.4 is 19.5 Å². The quantitative estimate of drug-likeness (QED) is 0.794. The Morgan fingerprint density at radius 2 is 2.00 bits per heavy atom. The molecule has 18 heavy (non-hydrogen) atoms. The number of fused-ring (bicyclic) bond motifs is 1. The Labute approximate surface area is 104 Å². The van der Waals surface area contributed by atoms with Crippen LogP contribution in [0.5, 0.6) is 23.0 Å². The van der Waals surface area contributed by atoms with Crippen molar-refractivity contribution in [2.24, 2.45) is 0 Å². The second kappa shape index (κ2) is 4.64. The molecule has 2 N–H and O–H groups in total. The van der Waals surface area contributed by atoms with Crippen LogP contribution in [0.15, 0.2) is 0 Å². The average molecular weight is 253 g/mol. The number of hydrogen-bond donors (Lipinski definition) is 2. The third kappa shape index (κ3) is 1.79. The largest absolute Gasteiger partial charge is 0.503 e. The number of benzene rings is 1. The van der Waals surface area contributed by atoms with Crippen molar-refractivity contribution in [3.8, 4) is 23.0 Å². The van der Waals surface area contributed by atoms with Crippen LogP contribution in [-0.2, 0) is 11.2 Å². The summed E-state index contributed by atoms with van der Waals surface area (Å²) in [7, 11) is 2.91. The van der Waals surface area contributed by atoms with Gasteiger partial charge in [0, 0.05) is 18.9 Å². The number of ether oxygens (including phenoxy) is 3. The topological polar surface area (TPSA) is 77.0 Å². The minimum atomic E-state index is -0.301. The molecule has 2 rings (SSSR count). The smallest absolute Gasteiger partial charge is 0.221 e. The van der Waals surface area contributed by atoms with E-state index in [4.69, 9.17) is 14.2 Å². The fraction of sp³-hybridized carbons (Fsp3) is 0.417. The zero-order chi connectivity index (χ0) is 13.3. The fourth-order valence-corrected chi connectivity index (χ4v) is 2.06. The predicted molar refractivity (Wildman–Crippen MR) is 64.7 cm³/mol. The predicted octanol–water partition coefficient (Wildman–Crippen LogP) is 1.30. The van der Waals surface area contributed by atoms with E-state index >= 15 is 0 Å². The van der Waals surface area contributed by atoms with E-state index in [1.165, 1.54) is 21.1 Å². The molecule has 0 aliphatic carbocycles. The molecule has 0 radical (unpaired) electrons. The van der Waals surface area contributed by atoms with Gasteiger partial charge in [-0.25, -0.2) is 0 Å². The van der Waals surface area contributed by atoms with E-state index in [1.54, 1.807) is 0 Å². The molecule has 0 bridgehead atoms. The van der Waals surface area contributed by atoms with Crippen LogP contribution in [0.25, 0.3) is 0 Å². The highest BCUT2D eigenvalue weighted by molar-refractivity contribution is 5.94. The van der Waals surface area contributed by atoms with Crippen molar-refractivity contribution in [1.29, 1.82) is 0 Å². The molecule has 6 nitrogen and oxygen atoms in total. The van der Waals surface area contributed by atoms with Crippen molar-refractivity contribution in [2.75, 3.05) is 26.1 Å². The van der Waals surface area contributed by atoms with Gasteiger partial charge in [0.2, 0.25) is 11.7 Å². The number of aromatic hydroxyl groups is 1. The van der Waals surface area contributed by atoms with Gasteiger partial charge in [-0.2, -0.15) is 0 Å². The molecule has 0 saturated heterocycles. The Morgan fingerprint density at radius 3 is 2.56 bits per heavy atom. The second-order valence-electron chi connectivity index (χ2n) is 3.88.